The molecule has 0 saturated carbocycles. The number of carbonyl (C=O) groups excluding carboxylic acids is 1. The summed E-state index contributed by atoms with van der Waals surface area (Å²) in [5.74, 6) is 0.267. The van der Waals surface area contributed by atoms with Gasteiger partial charge < -0.3 is 19.5 Å². The van der Waals surface area contributed by atoms with Crippen molar-refractivity contribution in [1.82, 2.24) is 0 Å². The molecule has 0 spiro atoms. The number of benzene rings is 2. The Morgan fingerprint density at radius 1 is 1.21 bits per heavy atom. The van der Waals surface area contributed by atoms with Crippen LogP contribution >= 0.6 is 0 Å². The molecule has 10 heteroatoms. The highest BCUT2D eigenvalue weighted by Crippen LogP contribution is 2.40. The molecule has 1 aliphatic rings. The lowest BCUT2D eigenvalue weighted by Gasteiger charge is -2.20. The molecule has 0 aromatic heterocycles. The first-order valence-electron chi connectivity index (χ1n) is 8.49. The first-order valence-corrected chi connectivity index (χ1v) is 10.4. The van der Waals surface area contributed by atoms with E-state index in [1.165, 1.54) is 25.3 Å². The Bertz CT molecular complexity index is 1050. The number of hydrogen-bond donors (Lipinski definition) is 2. The van der Waals surface area contributed by atoms with Gasteiger partial charge in [0, 0.05) is 11.8 Å². The van der Waals surface area contributed by atoms with Crippen LogP contribution in [0.5, 0.6) is 17.2 Å². The lowest BCUT2D eigenvalue weighted by atomic mass is 10.1. The zero-order valence-electron chi connectivity index (χ0n) is 15.7. The monoisotopic (exact) mass is 422 g/mol. The van der Waals surface area contributed by atoms with Crippen molar-refractivity contribution < 1.29 is 31.8 Å². The second kappa shape index (κ2) is 8.39. The maximum atomic E-state index is 13.7. The van der Waals surface area contributed by atoms with Crippen molar-refractivity contribution in [2.75, 3.05) is 36.6 Å². The van der Waals surface area contributed by atoms with E-state index in [4.69, 9.17) is 14.2 Å². The lowest BCUT2D eigenvalue weighted by molar-refractivity contribution is -0.111. The van der Waals surface area contributed by atoms with Crippen LogP contribution in [0.2, 0.25) is 0 Å². The second-order valence-corrected chi connectivity index (χ2v) is 7.89. The summed E-state index contributed by atoms with van der Waals surface area (Å²) >= 11 is 0. The average Bonchev–Trinajstić information content (AvgIpc) is 2.67. The number of sulfonamides is 1. The molecule has 1 heterocycles. The highest BCUT2D eigenvalue weighted by atomic mass is 32.2. The van der Waals surface area contributed by atoms with Gasteiger partial charge in [-0.1, -0.05) is 0 Å². The fraction of sp³-hybridized carbons (Fsp3) is 0.211. The van der Waals surface area contributed by atoms with Gasteiger partial charge in [-0.2, -0.15) is 0 Å². The minimum atomic E-state index is -3.66. The molecule has 0 bridgehead atoms. The molecule has 154 valence electrons. The number of anilines is 2. The van der Waals surface area contributed by atoms with E-state index in [1.54, 1.807) is 18.2 Å². The molecule has 0 saturated heterocycles. The fourth-order valence-corrected chi connectivity index (χ4v) is 3.18. The fourth-order valence-electron chi connectivity index (χ4n) is 2.63. The summed E-state index contributed by atoms with van der Waals surface area (Å²) in [6.07, 6.45) is 3.73. The van der Waals surface area contributed by atoms with Gasteiger partial charge in [-0.25, -0.2) is 12.8 Å². The summed E-state index contributed by atoms with van der Waals surface area (Å²) < 4.78 is 54.7. The first-order chi connectivity index (χ1) is 13.7. The van der Waals surface area contributed by atoms with Crippen LogP contribution in [0.25, 0.3) is 6.08 Å². The molecule has 0 aliphatic carbocycles. The van der Waals surface area contributed by atoms with Crippen molar-refractivity contribution in [2.24, 2.45) is 0 Å². The van der Waals surface area contributed by atoms with Gasteiger partial charge >= 0.3 is 0 Å². The molecule has 2 N–H and O–H groups in total. The molecule has 8 nitrogen and oxygen atoms in total. The van der Waals surface area contributed by atoms with E-state index >= 15 is 0 Å². The highest BCUT2D eigenvalue weighted by molar-refractivity contribution is 7.92. The summed E-state index contributed by atoms with van der Waals surface area (Å²) in [5, 5.41) is 2.54. The van der Waals surface area contributed by atoms with Gasteiger partial charge in [-0.15, -0.1) is 0 Å². The second-order valence-electron chi connectivity index (χ2n) is 6.14. The molecule has 2 aromatic rings. The Morgan fingerprint density at radius 3 is 2.69 bits per heavy atom. The lowest BCUT2D eigenvalue weighted by Crippen LogP contribution is -2.16. The van der Waals surface area contributed by atoms with E-state index in [9.17, 15) is 17.6 Å². The van der Waals surface area contributed by atoms with E-state index < -0.39 is 21.7 Å². The number of fused-ring (bicyclic) bond motifs is 1. The Kier molecular flexibility index (Phi) is 5.92. The minimum absolute atomic E-state index is 0.229. The number of rotatable bonds is 6. The summed E-state index contributed by atoms with van der Waals surface area (Å²) in [6.45, 7) is 0.840. The number of methoxy groups -OCH3 is 1. The summed E-state index contributed by atoms with van der Waals surface area (Å²) in [4.78, 5) is 12.2. The summed E-state index contributed by atoms with van der Waals surface area (Å²) in [7, 11) is -2.15. The van der Waals surface area contributed by atoms with Crippen LogP contribution in [0.15, 0.2) is 36.4 Å². The number of carbonyl (C=O) groups is 1. The van der Waals surface area contributed by atoms with Crippen LogP contribution in [0.4, 0.5) is 15.8 Å². The van der Waals surface area contributed by atoms with Crippen LogP contribution in [0, 0.1) is 5.82 Å². The number of nitrogens with one attached hydrogen (secondary N) is 2. The van der Waals surface area contributed by atoms with Gasteiger partial charge in [0.05, 0.1) is 19.1 Å². The molecule has 1 aliphatic heterocycles. The molecule has 0 unspecified atom stereocenters. The zero-order chi connectivity index (χ0) is 21.0. The molecule has 0 atom stereocenters. The minimum Gasteiger partial charge on any atom is -0.493 e. The van der Waals surface area contributed by atoms with Crippen LogP contribution in [0.3, 0.4) is 0 Å². The SMILES string of the molecule is COc1cc(/C=C/C(=O)Nc2ccc(F)c(NS(C)(=O)=O)c2)cc2c1OCCO2. The van der Waals surface area contributed by atoms with Crippen molar-refractivity contribution in [1.29, 1.82) is 0 Å². The third-order valence-corrected chi connectivity index (χ3v) is 4.40. The van der Waals surface area contributed by atoms with E-state index in [0.29, 0.717) is 36.0 Å². The van der Waals surface area contributed by atoms with Crippen molar-refractivity contribution in [3.8, 4) is 17.2 Å². The molecule has 2 aromatic carbocycles. The maximum Gasteiger partial charge on any atom is 0.248 e. The number of hydrogen-bond acceptors (Lipinski definition) is 6. The van der Waals surface area contributed by atoms with Crippen LogP contribution in [0.1, 0.15) is 5.56 Å². The van der Waals surface area contributed by atoms with E-state index in [1.807, 2.05) is 0 Å². The summed E-state index contributed by atoms with van der Waals surface area (Å²) in [5.41, 5.74) is 0.623. The van der Waals surface area contributed by atoms with Gasteiger partial charge in [-0.05, 0) is 42.0 Å². The maximum absolute atomic E-state index is 13.7. The predicted octanol–water partition coefficient (Wildman–Crippen LogP) is 2.63. The highest BCUT2D eigenvalue weighted by Gasteiger charge is 2.18. The van der Waals surface area contributed by atoms with Crippen molar-refractivity contribution in [3.05, 3.63) is 47.8 Å². The Balaban J connectivity index is 1.74. The van der Waals surface area contributed by atoms with Crippen molar-refractivity contribution in [2.45, 2.75) is 0 Å². The van der Waals surface area contributed by atoms with E-state index in [-0.39, 0.29) is 11.4 Å². The summed E-state index contributed by atoms with van der Waals surface area (Å²) in [6, 6.07) is 6.98. The van der Waals surface area contributed by atoms with E-state index in [2.05, 4.69) is 10.0 Å². The third kappa shape index (κ3) is 5.38. The molecular formula is C19H19FN2O6S. The molecule has 0 fully saturated rings. The van der Waals surface area contributed by atoms with Gasteiger partial charge in [0.15, 0.2) is 11.5 Å². The smallest absolute Gasteiger partial charge is 0.248 e. The molecule has 1 amide bonds. The first kappa shape index (κ1) is 20.5. The van der Waals surface area contributed by atoms with E-state index in [0.717, 1.165) is 12.3 Å². The Labute approximate surface area is 167 Å². The van der Waals surface area contributed by atoms with Crippen LogP contribution < -0.4 is 24.2 Å². The van der Waals surface area contributed by atoms with Crippen LogP contribution in [-0.2, 0) is 14.8 Å². The number of amides is 1. The van der Waals surface area contributed by atoms with Crippen LogP contribution in [-0.4, -0.2) is 40.9 Å². The molecule has 3 rings (SSSR count). The number of ether oxygens (including phenoxy) is 3. The standard InChI is InChI=1S/C19H19FN2O6S/c1-26-16-9-12(10-17-19(16)28-8-7-27-17)3-6-18(23)21-13-4-5-14(20)15(11-13)22-29(2,24)25/h3-6,9-11,22H,7-8H2,1-2H3,(H,21,23)/b6-3+. The largest absolute Gasteiger partial charge is 0.493 e. The Hall–Kier alpha value is -3.27. The van der Waals surface area contributed by atoms with Crippen molar-refractivity contribution in [3.63, 3.8) is 0 Å². The molecule has 29 heavy (non-hydrogen) atoms. The molecular weight excluding hydrogens is 403 g/mol. The van der Waals surface area contributed by atoms with Gasteiger partial charge in [0.25, 0.3) is 0 Å². The molecule has 0 radical (unpaired) electrons. The number of halogens is 1. The van der Waals surface area contributed by atoms with Gasteiger partial charge in [-0.3, -0.25) is 9.52 Å². The predicted molar refractivity (Wildman–Crippen MR) is 107 cm³/mol. The van der Waals surface area contributed by atoms with Crippen molar-refractivity contribution >= 4 is 33.4 Å². The van der Waals surface area contributed by atoms with Gasteiger partial charge in [0.2, 0.25) is 21.7 Å². The normalized spacial score (nSPS) is 13.2. The average molecular weight is 422 g/mol. The topological polar surface area (TPSA) is 103 Å². The third-order valence-electron chi connectivity index (χ3n) is 3.81. The Morgan fingerprint density at radius 2 is 1.97 bits per heavy atom. The van der Waals surface area contributed by atoms with Gasteiger partial charge in [0.1, 0.15) is 19.0 Å². The zero-order valence-corrected chi connectivity index (χ0v) is 16.5. The quantitative estimate of drug-likeness (QED) is 0.694.